The molecule has 216 valence electrons. The molecule has 0 radical (unpaired) electrons. The van der Waals surface area contributed by atoms with Gasteiger partial charge in [-0.1, -0.05) is 42.5 Å². The third-order valence-electron chi connectivity index (χ3n) is 6.61. The number of hydrogen-bond donors (Lipinski definition) is 1. The molecular weight excluding hydrogens is 552 g/mol. The van der Waals surface area contributed by atoms with Gasteiger partial charge in [-0.25, -0.2) is 0 Å². The van der Waals surface area contributed by atoms with Crippen LogP contribution in [0.3, 0.4) is 0 Å². The van der Waals surface area contributed by atoms with Gasteiger partial charge in [-0.15, -0.1) is 0 Å². The molecule has 0 aromatic heterocycles. The summed E-state index contributed by atoms with van der Waals surface area (Å²) in [7, 11) is 1.56. The molecule has 10 heteroatoms. The Labute approximate surface area is 249 Å². The van der Waals surface area contributed by atoms with Crippen LogP contribution in [0.1, 0.15) is 28.7 Å². The van der Waals surface area contributed by atoms with E-state index in [0.29, 0.717) is 46.9 Å². The van der Waals surface area contributed by atoms with Crippen LogP contribution in [-0.4, -0.2) is 53.9 Å². The minimum absolute atomic E-state index is 0.0703. The fourth-order valence-corrected chi connectivity index (χ4v) is 5.14. The average molecular weight is 585 g/mol. The van der Waals surface area contributed by atoms with E-state index in [4.69, 9.17) is 24.4 Å². The van der Waals surface area contributed by atoms with Crippen LogP contribution >= 0.6 is 11.8 Å². The molecule has 0 aliphatic carbocycles. The van der Waals surface area contributed by atoms with Crippen molar-refractivity contribution in [1.82, 2.24) is 5.01 Å². The zero-order valence-electron chi connectivity index (χ0n) is 24.0. The molecule has 3 aromatic rings. The fourth-order valence-electron chi connectivity index (χ4n) is 4.34. The number of carbonyl (C=O) groups is 1. The Morgan fingerprint density at radius 1 is 0.905 bits per heavy atom. The summed E-state index contributed by atoms with van der Waals surface area (Å²) in [6.45, 7) is 7.07. The Morgan fingerprint density at radius 2 is 1.67 bits per heavy atom. The zero-order valence-corrected chi connectivity index (χ0v) is 24.8. The van der Waals surface area contributed by atoms with Crippen LogP contribution in [-0.2, 0) is 4.79 Å². The summed E-state index contributed by atoms with van der Waals surface area (Å²) in [5.74, 6) is 2.01. The summed E-state index contributed by atoms with van der Waals surface area (Å²) in [6.07, 6.45) is 2.23. The monoisotopic (exact) mass is 584 g/mol. The van der Waals surface area contributed by atoms with E-state index in [1.165, 1.54) is 16.8 Å². The van der Waals surface area contributed by atoms with Crippen molar-refractivity contribution in [2.75, 3.05) is 26.9 Å². The summed E-state index contributed by atoms with van der Waals surface area (Å²) in [6, 6.07) is 19.2. The van der Waals surface area contributed by atoms with Gasteiger partial charge in [-0.3, -0.25) is 10.2 Å². The number of hydrazone groups is 1. The molecule has 1 amide bonds. The molecule has 0 bridgehead atoms. The number of amidine groups is 2. The Balaban J connectivity index is 1.27. The number of carbonyl (C=O) groups excluding carboxylic acids is 1. The number of hydrogen-bond acceptors (Lipinski definition) is 8. The van der Waals surface area contributed by atoms with Crippen molar-refractivity contribution in [3.63, 3.8) is 0 Å². The van der Waals surface area contributed by atoms with Crippen molar-refractivity contribution in [2.45, 2.75) is 27.2 Å². The van der Waals surface area contributed by atoms with Gasteiger partial charge in [-0.2, -0.15) is 15.1 Å². The molecule has 0 saturated carbocycles. The van der Waals surface area contributed by atoms with Crippen LogP contribution in [0.5, 0.6) is 23.0 Å². The normalized spacial score (nSPS) is 15.3. The van der Waals surface area contributed by atoms with Crippen LogP contribution in [0.15, 0.2) is 76.3 Å². The van der Waals surface area contributed by atoms with Gasteiger partial charge in [0.05, 0.1) is 25.9 Å². The molecule has 0 fully saturated rings. The first-order chi connectivity index (χ1) is 20.3. The minimum Gasteiger partial charge on any atom is -0.493 e. The van der Waals surface area contributed by atoms with Crippen LogP contribution < -0.4 is 18.9 Å². The maximum atomic E-state index is 13.0. The highest BCUT2D eigenvalue weighted by atomic mass is 32.2. The first kappa shape index (κ1) is 28.9. The van der Waals surface area contributed by atoms with Crippen molar-refractivity contribution in [3.05, 3.63) is 88.5 Å². The number of nitrogens with one attached hydrogen (secondary N) is 1. The number of ether oxygens (including phenoxy) is 4. The molecule has 2 heterocycles. The van der Waals surface area contributed by atoms with Gasteiger partial charge in [0.1, 0.15) is 23.1 Å². The predicted molar refractivity (Wildman–Crippen MR) is 166 cm³/mol. The molecule has 1 N–H and O–H groups in total. The van der Waals surface area contributed by atoms with Crippen molar-refractivity contribution in [3.8, 4) is 23.0 Å². The summed E-state index contributed by atoms with van der Waals surface area (Å²) in [5, 5.41) is 15.5. The lowest BCUT2D eigenvalue weighted by molar-refractivity contribution is -0.114. The number of thioether (sulfide) groups is 1. The number of aryl methyl sites for hydroxylation is 3. The summed E-state index contributed by atoms with van der Waals surface area (Å²) in [5.41, 5.74) is 3.92. The lowest BCUT2D eigenvalue weighted by atomic mass is 10.1. The summed E-state index contributed by atoms with van der Waals surface area (Å²) < 4.78 is 23.5. The predicted octanol–water partition coefficient (Wildman–Crippen LogP) is 6.17. The quantitative estimate of drug-likeness (QED) is 0.212. The van der Waals surface area contributed by atoms with Crippen molar-refractivity contribution >= 4 is 39.8 Å². The number of fused-ring (bicyclic) bond motifs is 1. The van der Waals surface area contributed by atoms with E-state index in [1.54, 1.807) is 31.4 Å². The van der Waals surface area contributed by atoms with E-state index in [-0.39, 0.29) is 18.0 Å². The van der Waals surface area contributed by atoms with Crippen molar-refractivity contribution in [2.24, 2.45) is 10.1 Å². The van der Waals surface area contributed by atoms with Crippen LogP contribution in [0.25, 0.3) is 6.08 Å². The number of nitrogens with zero attached hydrogens (tertiary/aromatic N) is 3. The van der Waals surface area contributed by atoms with Crippen molar-refractivity contribution in [1.29, 1.82) is 5.41 Å². The molecule has 0 unspecified atom stereocenters. The second-order valence-corrected chi connectivity index (χ2v) is 10.8. The summed E-state index contributed by atoms with van der Waals surface area (Å²) >= 11 is 1.22. The van der Waals surface area contributed by atoms with Crippen molar-refractivity contribution < 1.29 is 23.7 Å². The number of methoxy groups -OCH3 is 1. The van der Waals surface area contributed by atoms with Gasteiger partial charge in [0.15, 0.2) is 17.3 Å². The molecule has 3 aromatic carbocycles. The van der Waals surface area contributed by atoms with Gasteiger partial charge < -0.3 is 18.9 Å². The highest BCUT2D eigenvalue weighted by molar-refractivity contribution is 8.27. The molecule has 2 aliphatic rings. The van der Waals surface area contributed by atoms with Gasteiger partial charge in [0, 0.05) is 12.0 Å². The Hall–Kier alpha value is -4.57. The van der Waals surface area contributed by atoms with E-state index in [0.717, 1.165) is 28.2 Å². The van der Waals surface area contributed by atoms with Crippen LogP contribution in [0, 0.1) is 26.2 Å². The third kappa shape index (κ3) is 6.49. The molecule has 0 atom stereocenters. The number of para-hydroxylation sites is 2. The molecule has 42 heavy (non-hydrogen) atoms. The first-order valence-electron chi connectivity index (χ1n) is 13.5. The van der Waals surface area contributed by atoms with E-state index in [1.807, 2.05) is 57.2 Å². The average Bonchev–Trinajstić information content (AvgIpc) is 3.39. The van der Waals surface area contributed by atoms with Crippen LogP contribution in [0.2, 0.25) is 0 Å². The Kier molecular flexibility index (Phi) is 8.92. The number of benzene rings is 3. The summed E-state index contributed by atoms with van der Waals surface area (Å²) in [4.78, 5) is 17.2. The van der Waals surface area contributed by atoms with Gasteiger partial charge in [0.2, 0.25) is 5.17 Å². The van der Waals surface area contributed by atoms with E-state index in [9.17, 15) is 4.79 Å². The fraction of sp³-hybridized carbons (Fsp3) is 0.250. The van der Waals surface area contributed by atoms with Crippen LogP contribution in [0.4, 0.5) is 0 Å². The van der Waals surface area contributed by atoms with E-state index < -0.39 is 5.91 Å². The Bertz CT molecular complexity index is 1610. The molecule has 0 spiro atoms. The maximum Gasteiger partial charge on any atom is 0.283 e. The lowest BCUT2D eigenvalue weighted by Gasteiger charge is -2.21. The minimum atomic E-state index is -0.522. The van der Waals surface area contributed by atoms with Gasteiger partial charge in [-0.05, 0) is 73.5 Å². The zero-order chi connectivity index (χ0) is 29.6. The smallest absolute Gasteiger partial charge is 0.283 e. The molecule has 9 nitrogen and oxygen atoms in total. The third-order valence-corrected chi connectivity index (χ3v) is 7.49. The maximum absolute atomic E-state index is 13.0. The second-order valence-electron chi connectivity index (χ2n) is 9.77. The SMILES string of the molecule is COc1cccc(C=C2C(=N)N3N=C(COc4ccccc4C)SC3=NC2=O)c1OCCCOc1cc(C)ccc1C. The highest BCUT2D eigenvalue weighted by Gasteiger charge is 2.36. The number of aliphatic imine (C=N–C) groups is 1. The molecule has 0 saturated heterocycles. The second kappa shape index (κ2) is 12.9. The number of amides is 1. The van der Waals surface area contributed by atoms with E-state index >= 15 is 0 Å². The molecule has 5 rings (SSSR count). The first-order valence-corrected chi connectivity index (χ1v) is 14.3. The number of rotatable bonds is 11. The topological polar surface area (TPSA) is 106 Å². The lowest BCUT2D eigenvalue weighted by Crippen LogP contribution is -2.35. The Morgan fingerprint density at radius 3 is 2.48 bits per heavy atom. The standard InChI is InChI=1S/C32H32N4O5S/c1-20-13-14-22(3)27(17-20)39-15-8-16-40-29-23(10-7-12-26(29)38-4)18-24-30(33)36-32(34-31(24)37)42-28(35-36)19-41-25-11-6-5-9-21(25)2/h5-7,9-14,17-18,33H,8,15-16,19H2,1-4H3. The van der Waals surface area contributed by atoms with Gasteiger partial charge >= 0.3 is 0 Å². The van der Waals surface area contributed by atoms with E-state index in [2.05, 4.69) is 16.2 Å². The largest absolute Gasteiger partial charge is 0.493 e. The van der Waals surface area contributed by atoms with Gasteiger partial charge in [0.25, 0.3) is 5.91 Å². The highest BCUT2D eigenvalue weighted by Crippen LogP contribution is 2.35. The molecule has 2 aliphatic heterocycles. The molecular formula is C32H32N4O5S.